The van der Waals surface area contributed by atoms with Crippen molar-refractivity contribution in [3.8, 4) is 23.0 Å². The van der Waals surface area contributed by atoms with Crippen molar-refractivity contribution in [3.05, 3.63) is 53.4 Å². The van der Waals surface area contributed by atoms with E-state index >= 15 is 0 Å². The van der Waals surface area contributed by atoms with Gasteiger partial charge in [-0.05, 0) is 29.8 Å². The van der Waals surface area contributed by atoms with E-state index in [4.69, 9.17) is 23.2 Å². The number of benzene rings is 1. The molecule has 8 nitrogen and oxygen atoms in total. The van der Waals surface area contributed by atoms with Gasteiger partial charge in [0.15, 0.2) is 17.3 Å². The van der Waals surface area contributed by atoms with Crippen molar-refractivity contribution in [2.24, 2.45) is 0 Å². The van der Waals surface area contributed by atoms with Crippen LogP contribution in [0.5, 0.6) is 11.5 Å². The van der Waals surface area contributed by atoms with E-state index in [9.17, 15) is 4.79 Å². The van der Waals surface area contributed by atoms with Crippen LogP contribution in [0.3, 0.4) is 0 Å². The minimum Gasteiger partial charge on any atom is -0.493 e. The first kappa shape index (κ1) is 20.0. The largest absolute Gasteiger partial charge is 0.493 e. The molecule has 158 valence electrons. The molecule has 0 radical (unpaired) electrons. The standard InChI is InChI=1S/C22H24N2O6/c1-26-19-9-14-6-7-24(13-15-10-21(30-23-15)18-5-4-8-29-18)17(12-22(25)28-3)16(14)11-20(19)27-2/h4-5,8-11,17H,6-7,12-13H2,1-3H3/p+1/t17-/m1/s1. The molecule has 30 heavy (non-hydrogen) atoms. The Hall–Kier alpha value is -3.26. The second-order valence-corrected chi connectivity index (χ2v) is 7.23. The molecular weight excluding hydrogens is 388 g/mol. The minimum absolute atomic E-state index is 0.0928. The highest BCUT2D eigenvalue weighted by atomic mass is 16.5. The van der Waals surface area contributed by atoms with Crippen molar-refractivity contribution in [3.63, 3.8) is 0 Å². The molecule has 0 saturated carbocycles. The molecule has 4 rings (SSSR count). The molecule has 1 unspecified atom stereocenters. The Morgan fingerprint density at radius 2 is 1.97 bits per heavy atom. The van der Waals surface area contributed by atoms with Gasteiger partial charge in [0.2, 0.25) is 5.76 Å². The number of nitrogens with one attached hydrogen (secondary N) is 1. The van der Waals surface area contributed by atoms with Gasteiger partial charge in [0.25, 0.3) is 0 Å². The fourth-order valence-corrected chi connectivity index (χ4v) is 4.05. The Balaban J connectivity index is 1.63. The molecule has 1 aliphatic heterocycles. The Morgan fingerprint density at radius 1 is 1.17 bits per heavy atom. The zero-order valence-electron chi connectivity index (χ0n) is 17.3. The van der Waals surface area contributed by atoms with Crippen LogP contribution < -0.4 is 14.4 Å². The number of hydrogen-bond donors (Lipinski definition) is 1. The Kier molecular flexibility index (Phi) is 5.76. The number of quaternary nitrogens is 1. The van der Waals surface area contributed by atoms with Crippen LogP contribution in [0.4, 0.5) is 0 Å². The molecule has 3 heterocycles. The summed E-state index contributed by atoms with van der Waals surface area (Å²) in [6, 6.07) is 9.39. The first-order valence-corrected chi connectivity index (χ1v) is 9.78. The quantitative estimate of drug-likeness (QED) is 0.594. The van der Waals surface area contributed by atoms with Gasteiger partial charge < -0.3 is 28.1 Å². The summed E-state index contributed by atoms with van der Waals surface area (Å²) in [7, 11) is 4.64. The second-order valence-electron chi connectivity index (χ2n) is 7.23. The average molecular weight is 413 g/mol. The monoisotopic (exact) mass is 413 g/mol. The predicted molar refractivity (Wildman–Crippen MR) is 106 cm³/mol. The van der Waals surface area contributed by atoms with Crippen molar-refractivity contribution in [2.75, 3.05) is 27.9 Å². The zero-order chi connectivity index (χ0) is 21.1. The Morgan fingerprint density at radius 3 is 2.67 bits per heavy atom. The maximum atomic E-state index is 12.2. The van der Waals surface area contributed by atoms with Crippen molar-refractivity contribution < 1.29 is 32.8 Å². The van der Waals surface area contributed by atoms with Crippen molar-refractivity contribution in [2.45, 2.75) is 25.4 Å². The van der Waals surface area contributed by atoms with E-state index in [1.807, 2.05) is 24.3 Å². The summed E-state index contributed by atoms with van der Waals surface area (Å²) in [5, 5.41) is 4.20. The molecule has 0 saturated heterocycles. The number of methoxy groups -OCH3 is 3. The number of carbonyl (C=O) groups excluding carboxylic acids is 1. The number of carbonyl (C=O) groups is 1. The molecule has 3 aromatic rings. The van der Waals surface area contributed by atoms with Gasteiger partial charge >= 0.3 is 5.97 Å². The molecule has 0 fully saturated rings. The number of fused-ring (bicyclic) bond motifs is 1. The smallest absolute Gasteiger partial charge is 0.311 e. The summed E-state index contributed by atoms with van der Waals surface area (Å²) in [4.78, 5) is 13.4. The van der Waals surface area contributed by atoms with Gasteiger partial charge in [-0.1, -0.05) is 5.16 Å². The molecule has 1 aromatic carbocycles. The first-order valence-electron chi connectivity index (χ1n) is 9.78. The lowest BCUT2D eigenvalue weighted by molar-refractivity contribution is -0.947. The van der Waals surface area contributed by atoms with Crippen LogP contribution in [0.1, 0.15) is 29.3 Å². The van der Waals surface area contributed by atoms with Crippen LogP contribution in [-0.4, -0.2) is 39.0 Å². The Labute approximate surface area is 174 Å². The van der Waals surface area contributed by atoms with Crippen molar-refractivity contribution >= 4 is 5.97 Å². The summed E-state index contributed by atoms with van der Waals surface area (Å²) in [6.07, 6.45) is 2.71. The normalized spacial score (nSPS) is 18.0. The van der Waals surface area contributed by atoms with E-state index < -0.39 is 0 Å². The lowest BCUT2D eigenvalue weighted by atomic mass is 9.90. The highest BCUT2D eigenvalue weighted by Crippen LogP contribution is 2.35. The number of furan rings is 1. The van der Waals surface area contributed by atoms with Crippen LogP contribution in [0.2, 0.25) is 0 Å². The zero-order valence-corrected chi connectivity index (χ0v) is 17.3. The highest BCUT2D eigenvalue weighted by Gasteiger charge is 2.35. The number of aromatic nitrogens is 1. The minimum atomic E-state index is -0.253. The molecule has 0 amide bonds. The number of ether oxygens (including phenoxy) is 3. The average Bonchev–Trinajstić information content (AvgIpc) is 3.46. The third-order valence-corrected chi connectivity index (χ3v) is 5.56. The van der Waals surface area contributed by atoms with Crippen molar-refractivity contribution in [1.82, 2.24) is 5.16 Å². The molecule has 0 bridgehead atoms. The molecule has 2 atom stereocenters. The number of nitrogens with zero attached hydrogens (tertiary/aromatic N) is 1. The predicted octanol–water partition coefficient (Wildman–Crippen LogP) is 2.20. The lowest BCUT2D eigenvalue weighted by Gasteiger charge is -2.34. The number of rotatable bonds is 7. The van der Waals surface area contributed by atoms with Gasteiger partial charge in [-0.25, -0.2) is 0 Å². The molecule has 8 heteroatoms. The lowest BCUT2D eigenvalue weighted by Crippen LogP contribution is -3.12. The second kappa shape index (κ2) is 8.62. The SMILES string of the molecule is COC(=O)C[C@@H]1c2cc(OC)c(OC)cc2CC[NH+]1Cc1cc(-c2ccco2)on1. The summed E-state index contributed by atoms with van der Waals surface area (Å²) in [6.45, 7) is 1.45. The fraction of sp³-hybridized carbons (Fsp3) is 0.364. The molecule has 1 aliphatic rings. The van der Waals surface area contributed by atoms with Crippen LogP contribution in [0, 0.1) is 0 Å². The topological polar surface area (TPSA) is 88.4 Å². The van der Waals surface area contributed by atoms with Crippen LogP contribution in [-0.2, 0) is 22.5 Å². The molecule has 2 aromatic heterocycles. The summed E-state index contributed by atoms with van der Waals surface area (Å²) in [5.41, 5.74) is 3.02. The maximum Gasteiger partial charge on any atom is 0.311 e. The van der Waals surface area contributed by atoms with Gasteiger partial charge in [-0.15, -0.1) is 0 Å². The van der Waals surface area contributed by atoms with E-state index in [1.165, 1.54) is 12.0 Å². The maximum absolute atomic E-state index is 12.2. The van der Waals surface area contributed by atoms with Gasteiger partial charge in [-0.3, -0.25) is 4.79 Å². The van der Waals surface area contributed by atoms with Gasteiger partial charge in [-0.2, -0.15) is 0 Å². The fourth-order valence-electron chi connectivity index (χ4n) is 4.05. The van der Waals surface area contributed by atoms with Gasteiger partial charge in [0.05, 0.1) is 34.1 Å². The molecule has 0 spiro atoms. The summed E-state index contributed by atoms with van der Waals surface area (Å²) in [5.74, 6) is 2.31. The third-order valence-electron chi connectivity index (χ3n) is 5.56. The van der Waals surface area contributed by atoms with Gasteiger partial charge in [0, 0.05) is 18.1 Å². The van der Waals surface area contributed by atoms with E-state index in [1.54, 1.807) is 26.5 Å². The number of hydrogen-bond acceptors (Lipinski definition) is 7. The van der Waals surface area contributed by atoms with Crippen LogP contribution >= 0.6 is 0 Å². The van der Waals surface area contributed by atoms with E-state index in [2.05, 4.69) is 5.16 Å². The first-order chi connectivity index (χ1) is 14.6. The van der Waals surface area contributed by atoms with E-state index in [0.717, 1.165) is 29.8 Å². The third kappa shape index (κ3) is 3.91. The molecule has 0 aliphatic carbocycles. The number of esters is 1. The molecule has 1 N–H and O–H groups in total. The van der Waals surface area contributed by atoms with Crippen molar-refractivity contribution in [1.29, 1.82) is 0 Å². The van der Waals surface area contributed by atoms with Crippen LogP contribution in [0.15, 0.2) is 45.5 Å². The van der Waals surface area contributed by atoms with E-state index in [-0.39, 0.29) is 18.4 Å². The summed E-state index contributed by atoms with van der Waals surface area (Å²) >= 11 is 0. The summed E-state index contributed by atoms with van der Waals surface area (Å²) < 4.78 is 26.7. The molecular formula is C22H25N2O6+. The van der Waals surface area contributed by atoms with E-state index in [0.29, 0.717) is 29.6 Å². The van der Waals surface area contributed by atoms with Crippen LogP contribution in [0.25, 0.3) is 11.5 Å². The van der Waals surface area contributed by atoms with Gasteiger partial charge in [0.1, 0.15) is 24.7 Å². The highest BCUT2D eigenvalue weighted by molar-refractivity contribution is 5.70. The Bertz CT molecular complexity index is 1010.